The highest BCUT2D eigenvalue weighted by Crippen LogP contribution is 2.21. The molecule has 1 aromatic carbocycles. The molecule has 24 heavy (non-hydrogen) atoms. The molecule has 2 N–H and O–H groups in total. The number of nitrogens with one attached hydrogen (secondary N) is 1. The molecular weight excluding hydrogens is 324 g/mol. The van der Waals surface area contributed by atoms with Gasteiger partial charge in [-0.15, -0.1) is 0 Å². The van der Waals surface area contributed by atoms with Crippen LogP contribution in [0.2, 0.25) is 0 Å². The Morgan fingerprint density at radius 1 is 1.21 bits per heavy atom. The van der Waals surface area contributed by atoms with Gasteiger partial charge in [-0.1, -0.05) is 37.7 Å². The molecule has 1 amide bonds. The fraction of sp³-hybridized carbons (Fsp3) is 0.278. The third-order valence-electron chi connectivity index (χ3n) is 3.71. The number of carbonyl (C=O) groups is 2. The molecule has 0 fully saturated rings. The van der Waals surface area contributed by atoms with Crippen molar-refractivity contribution < 1.29 is 14.7 Å². The van der Waals surface area contributed by atoms with E-state index in [-0.39, 0.29) is 17.2 Å². The SMILES string of the molecule is CC[C@@H](C)c1ccc(NC(=O)CSc2ccc(C(=O)O)cn2)cc1. The van der Waals surface area contributed by atoms with Crippen molar-refractivity contribution in [2.24, 2.45) is 0 Å². The van der Waals surface area contributed by atoms with Crippen molar-refractivity contribution in [3.05, 3.63) is 53.7 Å². The van der Waals surface area contributed by atoms with Crippen LogP contribution in [-0.4, -0.2) is 27.7 Å². The number of carboxylic acids is 1. The zero-order valence-electron chi connectivity index (χ0n) is 13.7. The number of nitrogens with zero attached hydrogens (tertiary/aromatic N) is 1. The lowest BCUT2D eigenvalue weighted by atomic mass is 9.99. The zero-order chi connectivity index (χ0) is 17.5. The number of hydrogen-bond acceptors (Lipinski definition) is 4. The van der Waals surface area contributed by atoms with Crippen molar-refractivity contribution in [1.29, 1.82) is 0 Å². The quantitative estimate of drug-likeness (QED) is 0.742. The third-order valence-corrected chi connectivity index (χ3v) is 4.65. The van der Waals surface area contributed by atoms with Crippen LogP contribution in [0.15, 0.2) is 47.6 Å². The Kier molecular flexibility index (Phi) is 6.37. The van der Waals surface area contributed by atoms with E-state index in [0.717, 1.165) is 12.1 Å². The van der Waals surface area contributed by atoms with Crippen molar-refractivity contribution in [1.82, 2.24) is 4.98 Å². The normalized spacial score (nSPS) is 11.8. The summed E-state index contributed by atoms with van der Waals surface area (Å²) in [6.45, 7) is 4.32. The van der Waals surface area contributed by atoms with E-state index in [9.17, 15) is 9.59 Å². The van der Waals surface area contributed by atoms with Gasteiger partial charge in [-0.25, -0.2) is 9.78 Å². The number of carbonyl (C=O) groups excluding carboxylic acids is 1. The van der Waals surface area contributed by atoms with Crippen LogP contribution in [0.3, 0.4) is 0 Å². The minimum Gasteiger partial charge on any atom is -0.478 e. The maximum absolute atomic E-state index is 12.0. The number of thioether (sulfide) groups is 1. The molecule has 0 unspecified atom stereocenters. The Morgan fingerprint density at radius 3 is 2.46 bits per heavy atom. The van der Waals surface area contributed by atoms with E-state index in [4.69, 9.17) is 5.11 Å². The third kappa shape index (κ3) is 5.09. The summed E-state index contributed by atoms with van der Waals surface area (Å²) in [5.41, 5.74) is 2.15. The highest BCUT2D eigenvalue weighted by molar-refractivity contribution is 7.99. The first-order valence-electron chi connectivity index (χ1n) is 7.71. The molecule has 0 spiro atoms. The van der Waals surface area contributed by atoms with Crippen molar-refractivity contribution in [2.75, 3.05) is 11.1 Å². The number of rotatable bonds is 7. The van der Waals surface area contributed by atoms with Crippen LogP contribution in [0.4, 0.5) is 5.69 Å². The smallest absolute Gasteiger partial charge is 0.337 e. The molecular formula is C18H20N2O3S. The molecule has 1 heterocycles. The molecule has 1 aromatic heterocycles. The first-order valence-corrected chi connectivity index (χ1v) is 8.70. The number of carboxylic acid groups (broad SMARTS) is 1. The summed E-state index contributed by atoms with van der Waals surface area (Å²) < 4.78 is 0. The molecule has 0 saturated carbocycles. The monoisotopic (exact) mass is 344 g/mol. The highest BCUT2D eigenvalue weighted by Gasteiger charge is 2.08. The summed E-state index contributed by atoms with van der Waals surface area (Å²) in [7, 11) is 0. The molecule has 5 nitrogen and oxygen atoms in total. The molecule has 0 aliphatic heterocycles. The predicted octanol–water partition coefficient (Wildman–Crippen LogP) is 4.02. The van der Waals surface area contributed by atoms with E-state index in [1.165, 1.54) is 29.6 Å². The predicted molar refractivity (Wildman–Crippen MR) is 95.7 cm³/mol. The molecule has 2 rings (SSSR count). The Bertz CT molecular complexity index is 699. The van der Waals surface area contributed by atoms with E-state index >= 15 is 0 Å². The van der Waals surface area contributed by atoms with Crippen LogP contribution in [0, 0.1) is 0 Å². The Labute approximate surface area is 145 Å². The van der Waals surface area contributed by atoms with Gasteiger partial charge in [-0.05, 0) is 42.2 Å². The fourth-order valence-corrected chi connectivity index (χ4v) is 2.70. The Balaban J connectivity index is 1.85. The van der Waals surface area contributed by atoms with E-state index in [0.29, 0.717) is 10.9 Å². The van der Waals surface area contributed by atoms with E-state index < -0.39 is 5.97 Å². The van der Waals surface area contributed by atoms with Crippen LogP contribution >= 0.6 is 11.8 Å². The highest BCUT2D eigenvalue weighted by atomic mass is 32.2. The van der Waals surface area contributed by atoms with Crippen molar-refractivity contribution in [2.45, 2.75) is 31.2 Å². The van der Waals surface area contributed by atoms with Gasteiger partial charge in [0.05, 0.1) is 16.3 Å². The molecule has 6 heteroatoms. The number of pyridine rings is 1. The topological polar surface area (TPSA) is 79.3 Å². The van der Waals surface area contributed by atoms with E-state index in [1.54, 1.807) is 6.07 Å². The summed E-state index contributed by atoms with van der Waals surface area (Å²) in [6.07, 6.45) is 2.37. The summed E-state index contributed by atoms with van der Waals surface area (Å²) in [5.74, 6) is -0.421. The average Bonchev–Trinajstić information content (AvgIpc) is 2.60. The summed E-state index contributed by atoms with van der Waals surface area (Å²) in [4.78, 5) is 26.8. The molecule has 0 bridgehead atoms. The lowest BCUT2D eigenvalue weighted by molar-refractivity contribution is -0.113. The van der Waals surface area contributed by atoms with Crippen molar-refractivity contribution >= 4 is 29.3 Å². The first kappa shape index (κ1) is 18.0. The van der Waals surface area contributed by atoms with Gasteiger partial charge in [0.15, 0.2) is 0 Å². The van der Waals surface area contributed by atoms with Crippen molar-refractivity contribution in [3.8, 4) is 0 Å². The van der Waals surface area contributed by atoms with Gasteiger partial charge in [-0.2, -0.15) is 0 Å². The largest absolute Gasteiger partial charge is 0.478 e. The number of benzene rings is 1. The Morgan fingerprint density at radius 2 is 1.92 bits per heavy atom. The second-order valence-corrected chi connectivity index (χ2v) is 6.45. The van der Waals surface area contributed by atoms with Gasteiger partial charge < -0.3 is 10.4 Å². The lowest BCUT2D eigenvalue weighted by Gasteiger charge is -2.10. The maximum Gasteiger partial charge on any atom is 0.337 e. The second kappa shape index (κ2) is 8.49. The summed E-state index contributed by atoms with van der Waals surface area (Å²) >= 11 is 1.26. The number of hydrogen-bond donors (Lipinski definition) is 2. The van der Waals surface area contributed by atoms with Crippen LogP contribution in [0.1, 0.15) is 42.1 Å². The Hall–Kier alpha value is -2.34. The van der Waals surface area contributed by atoms with E-state index in [1.807, 2.05) is 24.3 Å². The molecule has 1 atom stereocenters. The number of amides is 1. The lowest BCUT2D eigenvalue weighted by Crippen LogP contribution is -2.14. The maximum atomic E-state index is 12.0. The van der Waals surface area contributed by atoms with Crippen LogP contribution < -0.4 is 5.32 Å². The summed E-state index contributed by atoms with van der Waals surface area (Å²) in [6, 6.07) is 11.0. The van der Waals surface area contributed by atoms with Gasteiger partial charge in [0, 0.05) is 11.9 Å². The zero-order valence-corrected chi connectivity index (χ0v) is 14.5. The van der Waals surface area contributed by atoms with Crippen molar-refractivity contribution in [3.63, 3.8) is 0 Å². The molecule has 0 radical (unpaired) electrons. The minimum absolute atomic E-state index is 0.125. The number of aromatic carboxylic acids is 1. The van der Waals surface area contributed by atoms with Crippen LogP contribution in [-0.2, 0) is 4.79 Å². The van der Waals surface area contributed by atoms with Crippen LogP contribution in [0.25, 0.3) is 0 Å². The minimum atomic E-state index is -1.02. The first-order chi connectivity index (χ1) is 11.5. The molecule has 0 saturated heterocycles. The van der Waals surface area contributed by atoms with Gasteiger partial charge in [0.25, 0.3) is 0 Å². The second-order valence-electron chi connectivity index (χ2n) is 5.46. The average molecular weight is 344 g/mol. The van der Waals surface area contributed by atoms with Crippen LogP contribution in [0.5, 0.6) is 0 Å². The molecule has 2 aromatic rings. The van der Waals surface area contributed by atoms with Gasteiger partial charge >= 0.3 is 5.97 Å². The van der Waals surface area contributed by atoms with E-state index in [2.05, 4.69) is 24.1 Å². The van der Waals surface area contributed by atoms with Gasteiger partial charge in [0.1, 0.15) is 0 Å². The number of anilines is 1. The fourth-order valence-electron chi connectivity index (χ4n) is 2.06. The standard InChI is InChI=1S/C18H20N2O3S/c1-3-12(2)13-4-7-15(8-5-13)20-16(21)11-24-17-9-6-14(10-19-17)18(22)23/h4-10,12H,3,11H2,1-2H3,(H,20,21)(H,22,23)/t12-/m1/s1. The molecule has 0 aliphatic rings. The van der Waals surface area contributed by atoms with Gasteiger partial charge in [-0.3, -0.25) is 4.79 Å². The number of aromatic nitrogens is 1. The summed E-state index contributed by atoms with van der Waals surface area (Å²) in [5, 5.41) is 12.3. The molecule has 126 valence electrons. The van der Waals surface area contributed by atoms with Gasteiger partial charge in [0.2, 0.25) is 5.91 Å². The molecule has 0 aliphatic carbocycles.